The first kappa shape index (κ1) is 17.1. The number of hydrogen-bond donors (Lipinski definition) is 2. The van der Waals surface area contributed by atoms with Gasteiger partial charge in [-0.15, -0.1) is 0 Å². The molecule has 5 nitrogen and oxygen atoms in total. The average molecular weight is 305 g/mol. The zero-order valence-electron chi connectivity index (χ0n) is 12.6. The summed E-state index contributed by atoms with van der Waals surface area (Å²) in [6.45, 7) is 5.45. The van der Waals surface area contributed by atoms with Crippen LogP contribution in [0.5, 0.6) is 0 Å². The Morgan fingerprint density at radius 3 is 2.67 bits per heavy atom. The summed E-state index contributed by atoms with van der Waals surface area (Å²) in [4.78, 5) is 23.4. The highest BCUT2D eigenvalue weighted by Crippen LogP contribution is 2.24. The van der Waals surface area contributed by atoms with Crippen LogP contribution in [-0.4, -0.2) is 29.7 Å². The van der Waals surface area contributed by atoms with E-state index in [1.807, 2.05) is 26.2 Å². The van der Waals surface area contributed by atoms with E-state index in [1.165, 1.54) is 6.07 Å². The van der Waals surface area contributed by atoms with Crippen molar-refractivity contribution in [2.24, 2.45) is 0 Å². The van der Waals surface area contributed by atoms with Gasteiger partial charge in [-0.25, -0.2) is 0 Å². The van der Waals surface area contributed by atoms with Crippen LogP contribution in [0.2, 0.25) is 0 Å². The summed E-state index contributed by atoms with van der Waals surface area (Å²) < 4.78 is 0. The van der Waals surface area contributed by atoms with Gasteiger partial charge in [-0.05, 0) is 38.7 Å². The molecular weight excluding hydrogens is 286 g/mol. The van der Waals surface area contributed by atoms with Crippen molar-refractivity contribution in [2.45, 2.75) is 26.3 Å². The quantitative estimate of drug-likeness (QED) is 0.641. The number of amides is 1. The molecule has 1 aromatic carbocycles. The lowest BCUT2D eigenvalue weighted by Crippen LogP contribution is -2.45. The molecule has 0 unspecified atom stereocenters. The van der Waals surface area contributed by atoms with Crippen LogP contribution in [0.15, 0.2) is 6.07 Å². The maximum Gasteiger partial charge on any atom is 0.253 e. The molecule has 0 saturated carbocycles. The van der Waals surface area contributed by atoms with Gasteiger partial charge >= 0.3 is 0 Å². The molecule has 0 bridgehead atoms. The van der Waals surface area contributed by atoms with E-state index in [1.54, 1.807) is 18.7 Å². The van der Waals surface area contributed by atoms with Gasteiger partial charge in [0.2, 0.25) is 0 Å². The Balaban J connectivity index is 3.26. The van der Waals surface area contributed by atoms with Crippen LogP contribution in [0.3, 0.4) is 0 Å². The summed E-state index contributed by atoms with van der Waals surface area (Å²) in [5.74, 6) is 0.401. The van der Waals surface area contributed by atoms with Crippen LogP contribution in [0.4, 0.5) is 5.69 Å². The van der Waals surface area contributed by atoms with Gasteiger partial charge in [-0.3, -0.25) is 9.59 Å². The number of carbonyl (C=O) groups is 2. The van der Waals surface area contributed by atoms with Gasteiger partial charge in [0.05, 0.1) is 17.2 Å². The van der Waals surface area contributed by atoms with E-state index in [-0.39, 0.29) is 28.3 Å². The van der Waals surface area contributed by atoms with Gasteiger partial charge < -0.3 is 11.1 Å². The number of nitrogen functional groups attached to an aromatic ring is 1. The van der Waals surface area contributed by atoms with Crippen molar-refractivity contribution in [3.8, 4) is 6.07 Å². The molecule has 1 rings (SSSR count). The smallest absolute Gasteiger partial charge is 0.253 e. The highest BCUT2D eigenvalue weighted by Gasteiger charge is 2.24. The normalized spacial score (nSPS) is 10.8. The van der Waals surface area contributed by atoms with E-state index in [4.69, 9.17) is 11.0 Å². The van der Waals surface area contributed by atoms with E-state index in [2.05, 4.69) is 5.32 Å². The molecule has 0 heterocycles. The molecule has 0 aliphatic heterocycles. The zero-order valence-corrected chi connectivity index (χ0v) is 13.4. The summed E-state index contributed by atoms with van der Waals surface area (Å²) >= 11 is 1.62. The van der Waals surface area contributed by atoms with E-state index in [9.17, 15) is 9.59 Å². The Hall–Kier alpha value is -2.00. The Kier molecular flexibility index (Phi) is 5.39. The third kappa shape index (κ3) is 3.76. The maximum atomic E-state index is 12.4. The number of aldehydes is 1. The Labute approximate surface area is 128 Å². The molecule has 0 aliphatic carbocycles. The van der Waals surface area contributed by atoms with Gasteiger partial charge in [0.1, 0.15) is 0 Å². The van der Waals surface area contributed by atoms with Gasteiger partial charge in [0, 0.05) is 22.5 Å². The van der Waals surface area contributed by atoms with Crippen LogP contribution < -0.4 is 11.1 Å². The fourth-order valence-corrected chi connectivity index (χ4v) is 2.85. The number of nitrogens with two attached hydrogens (primary N) is 1. The monoisotopic (exact) mass is 305 g/mol. The number of nitriles is 1. The van der Waals surface area contributed by atoms with Gasteiger partial charge in [-0.2, -0.15) is 17.0 Å². The minimum absolute atomic E-state index is 0.157. The number of hydrogen-bond acceptors (Lipinski definition) is 5. The molecular formula is C15H19N3O2S. The number of nitrogens with zero attached hydrogens (tertiary/aromatic N) is 1. The first-order chi connectivity index (χ1) is 9.77. The second-order valence-corrected chi connectivity index (χ2v) is 6.29. The third-order valence-corrected chi connectivity index (χ3v) is 4.13. The Bertz CT molecular complexity index is 618. The lowest BCUT2D eigenvalue weighted by Gasteiger charge is -2.26. The van der Waals surface area contributed by atoms with Crippen molar-refractivity contribution >= 4 is 29.6 Å². The first-order valence-electron chi connectivity index (χ1n) is 6.37. The first-order valence-corrected chi connectivity index (χ1v) is 7.76. The molecule has 0 atom stereocenters. The number of rotatable bonds is 5. The molecule has 0 radical (unpaired) electrons. The highest BCUT2D eigenvalue weighted by atomic mass is 32.2. The lowest BCUT2D eigenvalue weighted by molar-refractivity contribution is 0.0921. The second kappa shape index (κ2) is 6.64. The summed E-state index contributed by atoms with van der Waals surface area (Å²) in [6, 6.07) is 3.30. The maximum absolute atomic E-state index is 12.4. The molecule has 0 aliphatic rings. The van der Waals surface area contributed by atoms with Crippen molar-refractivity contribution < 1.29 is 9.59 Å². The van der Waals surface area contributed by atoms with E-state index in [0.717, 1.165) is 5.75 Å². The minimum atomic E-state index is -0.396. The van der Waals surface area contributed by atoms with E-state index in [0.29, 0.717) is 11.8 Å². The largest absolute Gasteiger partial charge is 0.398 e. The van der Waals surface area contributed by atoms with E-state index >= 15 is 0 Å². The molecule has 6 heteroatoms. The second-order valence-electron chi connectivity index (χ2n) is 5.42. The van der Waals surface area contributed by atoms with Gasteiger partial charge in [0.15, 0.2) is 6.29 Å². The Morgan fingerprint density at radius 2 is 2.19 bits per heavy atom. The number of anilines is 1. The highest BCUT2D eigenvalue weighted by molar-refractivity contribution is 7.98. The summed E-state index contributed by atoms with van der Waals surface area (Å²) in [5, 5.41) is 12.0. The van der Waals surface area contributed by atoms with Crippen molar-refractivity contribution in [3.05, 3.63) is 28.3 Å². The number of nitrogens with one attached hydrogen (secondary N) is 1. The van der Waals surface area contributed by atoms with Gasteiger partial charge in [0.25, 0.3) is 5.91 Å². The fraction of sp³-hybridized carbons (Fsp3) is 0.400. The molecule has 0 aromatic heterocycles. The van der Waals surface area contributed by atoms with Crippen LogP contribution in [0, 0.1) is 18.3 Å². The summed E-state index contributed by atoms with van der Waals surface area (Å²) in [6.07, 6.45) is 2.54. The third-order valence-electron chi connectivity index (χ3n) is 3.12. The molecule has 3 N–H and O–H groups in total. The molecule has 112 valence electrons. The van der Waals surface area contributed by atoms with Crippen molar-refractivity contribution in [2.75, 3.05) is 17.7 Å². The van der Waals surface area contributed by atoms with Gasteiger partial charge in [-0.1, -0.05) is 0 Å². The molecule has 21 heavy (non-hydrogen) atoms. The predicted octanol–water partition coefficient (Wildman–Crippen LogP) is 2.13. The van der Waals surface area contributed by atoms with Crippen molar-refractivity contribution in [3.63, 3.8) is 0 Å². The van der Waals surface area contributed by atoms with Crippen LogP contribution >= 0.6 is 11.8 Å². The summed E-state index contributed by atoms with van der Waals surface area (Å²) in [7, 11) is 0. The van der Waals surface area contributed by atoms with Crippen LogP contribution in [0.25, 0.3) is 0 Å². The lowest BCUT2D eigenvalue weighted by atomic mass is 9.96. The van der Waals surface area contributed by atoms with Crippen molar-refractivity contribution in [1.82, 2.24) is 5.32 Å². The zero-order chi connectivity index (χ0) is 16.2. The summed E-state index contributed by atoms with van der Waals surface area (Å²) in [5.41, 5.74) is 6.85. The average Bonchev–Trinajstić information content (AvgIpc) is 2.40. The van der Waals surface area contributed by atoms with Crippen LogP contribution in [-0.2, 0) is 0 Å². The molecule has 0 fully saturated rings. The fourth-order valence-electron chi connectivity index (χ4n) is 2.05. The molecule has 1 amide bonds. The topological polar surface area (TPSA) is 96.0 Å². The molecule has 0 spiro atoms. The SMILES string of the molecule is CSCC(C)(C)NC(=O)c1cc(C#N)c(C=O)c(C)c1N. The predicted molar refractivity (Wildman–Crippen MR) is 85.6 cm³/mol. The molecule has 1 aromatic rings. The molecule has 0 saturated heterocycles. The standard InChI is InChI=1S/C15H19N3O2S/c1-9-12(7-19)10(6-16)5-11(13(9)17)14(20)18-15(2,3)8-21-4/h5,7H,8,17H2,1-4H3,(H,18,20). The minimum Gasteiger partial charge on any atom is -0.398 e. The Morgan fingerprint density at radius 1 is 1.57 bits per heavy atom. The van der Waals surface area contributed by atoms with E-state index < -0.39 is 5.54 Å². The number of benzene rings is 1. The van der Waals surface area contributed by atoms with Crippen LogP contribution in [0.1, 0.15) is 45.7 Å². The number of carbonyl (C=O) groups excluding carboxylic acids is 2. The number of thioether (sulfide) groups is 1. The van der Waals surface area contributed by atoms with Crippen molar-refractivity contribution in [1.29, 1.82) is 5.26 Å².